The van der Waals surface area contributed by atoms with Gasteiger partial charge in [0.1, 0.15) is 22.6 Å². The topological polar surface area (TPSA) is 139 Å². The van der Waals surface area contributed by atoms with Crippen LogP contribution >= 0.6 is 0 Å². The minimum absolute atomic E-state index is 0.0756. The SMILES string of the molecule is CCOC(=O)c1ccc(-n2c(N)c(C(=O)Nc3c(C)n(C)n(-c4ccccc4)c3=O)c3nc4ccccc4nc32)cc1. The average Bonchev–Trinajstić information content (AvgIpc) is 3.40. The maximum Gasteiger partial charge on any atom is 0.338 e. The predicted molar refractivity (Wildman–Crippen MR) is 160 cm³/mol. The number of nitrogens with zero attached hydrogens (tertiary/aromatic N) is 5. The zero-order valence-electron chi connectivity index (χ0n) is 23.2. The van der Waals surface area contributed by atoms with Gasteiger partial charge in [0.05, 0.1) is 34.6 Å². The summed E-state index contributed by atoms with van der Waals surface area (Å²) in [6.07, 6.45) is 0. The van der Waals surface area contributed by atoms with Gasteiger partial charge in [0.2, 0.25) is 0 Å². The van der Waals surface area contributed by atoms with E-state index in [-0.39, 0.29) is 34.8 Å². The van der Waals surface area contributed by atoms with Gasteiger partial charge in [-0.05, 0) is 62.4 Å². The molecule has 11 heteroatoms. The Balaban J connectivity index is 1.49. The van der Waals surface area contributed by atoms with E-state index in [2.05, 4.69) is 5.32 Å². The molecule has 0 fully saturated rings. The number of ether oxygens (including phenoxy) is 1. The van der Waals surface area contributed by atoms with E-state index in [0.29, 0.717) is 39.3 Å². The van der Waals surface area contributed by atoms with Crippen LogP contribution in [0.3, 0.4) is 0 Å². The second-order valence-electron chi connectivity index (χ2n) is 9.64. The second-order valence-corrected chi connectivity index (χ2v) is 9.64. The fourth-order valence-electron chi connectivity index (χ4n) is 5.00. The lowest BCUT2D eigenvalue weighted by molar-refractivity contribution is 0.0526. The first kappa shape index (κ1) is 26.5. The summed E-state index contributed by atoms with van der Waals surface area (Å²) in [5.74, 6) is -0.965. The minimum atomic E-state index is -0.602. The van der Waals surface area contributed by atoms with Crippen LogP contribution in [-0.2, 0) is 11.8 Å². The highest BCUT2D eigenvalue weighted by Crippen LogP contribution is 2.32. The van der Waals surface area contributed by atoms with Crippen molar-refractivity contribution in [1.29, 1.82) is 0 Å². The van der Waals surface area contributed by atoms with E-state index in [9.17, 15) is 14.4 Å². The molecule has 0 saturated heterocycles. The molecular formula is C31H27N7O4. The van der Waals surface area contributed by atoms with Crippen LogP contribution in [0.25, 0.3) is 33.6 Å². The smallest absolute Gasteiger partial charge is 0.338 e. The fraction of sp³-hybridized carbons (Fsp3) is 0.129. The number of nitrogens with one attached hydrogen (secondary N) is 1. The number of nitrogens with two attached hydrogens (primary N) is 1. The third kappa shape index (κ3) is 4.27. The average molecular weight is 562 g/mol. The molecule has 3 heterocycles. The molecule has 6 rings (SSSR count). The van der Waals surface area contributed by atoms with Gasteiger partial charge in [-0.25, -0.2) is 19.4 Å². The van der Waals surface area contributed by atoms with E-state index in [0.717, 1.165) is 0 Å². The third-order valence-electron chi connectivity index (χ3n) is 7.15. The quantitative estimate of drug-likeness (QED) is 0.288. The lowest BCUT2D eigenvalue weighted by Crippen LogP contribution is -2.23. The van der Waals surface area contributed by atoms with Crippen molar-refractivity contribution in [2.45, 2.75) is 13.8 Å². The van der Waals surface area contributed by atoms with Gasteiger partial charge in [0.15, 0.2) is 5.65 Å². The third-order valence-corrected chi connectivity index (χ3v) is 7.15. The summed E-state index contributed by atoms with van der Waals surface area (Å²) in [6.45, 7) is 3.75. The Bertz CT molecular complexity index is 2060. The molecule has 0 aliphatic heterocycles. The number of hydrogen-bond donors (Lipinski definition) is 2. The number of esters is 1. The number of rotatable bonds is 6. The van der Waals surface area contributed by atoms with Crippen LogP contribution in [0, 0.1) is 6.92 Å². The molecule has 0 aliphatic carbocycles. The highest BCUT2D eigenvalue weighted by Gasteiger charge is 2.27. The standard InChI is InChI=1S/C31H27N7O4/c1-4-42-31(41)19-14-16-20(17-15-19)37-27(32)24(26-28(37)34-23-13-9-8-12-22(23)33-26)29(39)35-25-18(2)36(3)38(30(25)40)21-10-6-5-7-11-21/h5-17H,4,32H2,1-3H3,(H,35,39). The van der Waals surface area contributed by atoms with Crippen molar-refractivity contribution in [1.82, 2.24) is 23.9 Å². The van der Waals surface area contributed by atoms with Crippen molar-refractivity contribution < 1.29 is 14.3 Å². The molecule has 1 amide bonds. The second kappa shape index (κ2) is 10.4. The van der Waals surface area contributed by atoms with Crippen molar-refractivity contribution in [3.63, 3.8) is 0 Å². The summed E-state index contributed by atoms with van der Waals surface area (Å²) in [6, 6.07) is 23.1. The predicted octanol–water partition coefficient (Wildman–Crippen LogP) is 4.38. The molecule has 3 aromatic heterocycles. The van der Waals surface area contributed by atoms with Gasteiger partial charge in [-0.1, -0.05) is 30.3 Å². The number of carbonyl (C=O) groups excluding carboxylic acids is 2. The number of para-hydroxylation sites is 3. The normalized spacial score (nSPS) is 11.2. The molecule has 11 nitrogen and oxygen atoms in total. The zero-order chi connectivity index (χ0) is 29.5. The summed E-state index contributed by atoms with van der Waals surface area (Å²) >= 11 is 0. The Hall–Kier alpha value is -5.71. The lowest BCUT2D eigenvalue weighted by atomic mass is 10.2. The Morgan fingerprint density at radius 3 is 2.21 bits per heavy atom. The first-order valence-electron chi connectivity index (χ1n) is 13.3. The Labute approximate surface area is 239 Å². The summed E-state index contributed by atoms with van der Waals surface area (Å²) in [7, 11) is 1.75. The maximum absolute atomic E-state index is 13.9. The number of benzene rings is 3. The molecule has 0 aliphatic rings. The van der Waals surface area contributed by atoms with Crippen molar-refractivity contribution in [3.8, 4) is 11.4 Å². The summed E-state index contributed by atoms with van der Waals surface area (Å²) in [5, 5.41) is 2.79. The van der Waals surface area contributed by atoms with Crippen molar-refractivity contribution in [2.75, 3.05) is 17.7 Å². The maximum atomic E-state index is 13.9. The summed E-state index contributed by atoms with van der Waals surface area (Å²) in [5.41, 5.74) is 10.5. The Morgan fingerprint density at radius 1 is 0.905 bits per heavy atom. The molecule has 6 aromatic rings. The van der Waals surface area contributed by atoms with E-state index in [1.54, 1.807) is 60.5 Å². The van der Waals surface area contributed by atoms with Crippen LogP contribution < -0.4 is 16.6 Å². The Kier molecular flexibility index (Phi) is 6.54. The number of aromatic nitrogens is 5. The molecule has 0 spiro atoms. The van der Waals surface area contributed by atoms with Gasteiger partial charge < -0.3 is 15.8 Å². The first-order valence-corrected chi connectivity index (χ1v) is 13.3. The van der Waals surface area contributed by atoms with Gasteiger partial charge in [-0.3, -0.25) is 18.8 Å². The number of anilines is 2. The van der Waals surface area contributed by atoms with Gasteiger partial charge in [0, 0.05) is 12.7 Å². The Morgan fingerprint density at radius 2 is 1.55 bits per heavy atom. The first-order chi connectivity index (χ1) is 20.3. The van der Waals surface area contributed by atoms with Crippen LogP contribution in [0.4, 0.5) is 11.5 Å². The molecule has 0 atom stereocenters. The van der Waals surface area contributed by atoms with E-state index < -0.39 is 11.9 Å². The molecular weight excluding hydrogens is 534 g/mol. The summed E-state index contributed by atoms with van der Waals surface area (Å²) < 4.78 is 9.86. The largest absolute Gasteiger partial charge is 0.462 e. The summed E-state index contributed by atoms with van der Waals surface area (Å²) in [4.78, 5) is 49.1. The van der Waals surface area contributed by atoms with Gasteiger partial charge in [-0.2, -0.15) is 0 Å². The zero-order valence-corrected chi connectivity index (χ0v) is 23.2. The number of fused-ring (bicyclic) bond motifs is 2. The molecule has 0 unspecified atom stereocenters. The van der Waals surface area contributed by atoms with E-state index in [1.165, 1.54) is 4.68 Å². The van der Waals surface area contributed by atoms with Crippen LogP contribution in [0.15, 0.2) is 83.7 Å². The van der Waals surface area contributed by atoms with Crippen LogP contribution in [-0.4, -0.2) is 42.4 Å². The molecule has 42 heavy (non-hydrogen) atoms. The molecule has 0 bridgehead atoms. The number of carbonyl (C=O) groups is 2. The van der Waals surface area contributed by atoms with Crippen molar-refractivity contribution in [2.24, 2.45) is 7.05 Å². The highest BCUT2D eigenvalue weighted by atomic mass is 16.5. The number of amides is 1. The minimum Gasteiger partial charge on any atom is -0.462 e. The van der Waals surface area contributed by atoms with Crippen LogP contribution in [0.5, 0.6) is 0 Å². The molecule has 0 radical (unpaired) electrons. The monoisotopic (exact) mass is 561 g/mol. The van der Waals surface area contributed by atoms with Crippen molar-refractivity contribution >= 4 is 45.6 Å². The van der Waals surface area contributed by atoms with Crippen LogP contribution in [0.2, 0.25) is 0 Å². The molecule has 3 aromatic carbocycles. The molecule has 3 N–H and O–H groups in total. The van der Waals surface area contributed by atoms with Gasteiger partial charge in [0.25, 0.3) is 11.5 Å². The fourth-order valence-corrected chi connectivity index (χ4v) is 5.00. The van der Waals surface area contributed by atoms with E-state index in [1.807, 2.05) is 48.5 Å². The molecule has 0 saturated carbocycles. The highest BCUT2D eigenvalue weighted by molar-refractivity contribution is 6.16. The van der Waals surface area contributed by atoms with Crippen LogP contribution in [0.1, 0.15) is 33.3 Å². The lowest BCUT2D eigenvalue weighted by Gasteiger charge is -2.09. The van der Waals surface area contributed by atoms with Crippen molar-refractivity contribution in [3.05, 3.63) is 106 Å². The van der Waals surface area contributed by atoms with Gasteiger partial charge >= 0.3 is 5.97 Å². The molecule has 210 valence electrons. The van der Waals surface area contributed by atoms with E-state index >= 15 is 0 Å². The number of hydrogen-bond acceptors (Lipinski definition) is 7. The van der Waals surface area contributed by atoms with E-state index in [4.69, 9.17) is 20.4 Å². The van der Waals surface area contributed by atoms with Gasteiger partial charge in [-0.15, -0.1) is 0 Å². The number of nitrogen functional groups attached to an aromatic ring is 1.